The number of nitrogens with one attached hydrogen (secondary N) is 1. The van der Waals surface area contributed by atoms with E-state index in [-0.39, 0.29) is 13.0 Å². The summed E-state index contributed by atoms with van der Waals surface area (Å²) in [6, 6.07) is 6.31. The van der Waals surface area contributed by atoms with Crippen LogP contribution in [-0.4, -0.2) is 41.6 Å². The SMILES string of the molecule is CCC1(c2ccc(OC)cc2)NC(=O)N(CCC(=O)O)C1=O. The summed E-state index contributed by atoms with van der Waals surface area (Å²) in [6.45, 7) is 1.65. The highest BCUT2D eigenvalue weighted by Gasteiger charge is 2.51. The summed E-state index contributed by atoms with van der Waals surface area (Å²) in [4.78, 5) is 36.3. The van der Waals surface area contributed by atoms with E-state index in [9.17, 15) is 14.4 Å². The molecule has 0 aliphatic carbocycles. The molecule has 1 saturated heterocycles. The number of carbonyl (C=O) groups excluding carboxylic acids is 2. The molecule has 2 rings (SSSR count). The van der Waals surface area contributed by atoms with Crippen molar-refractivity contribution in [2.75, 3.05) is 13.7 Å². The summed E-state index contributed by atoms with van der Waals surface area (Å²) >= 11 is 0. The van der Waals surface area contributed by atoms with Gasteiger partial charge in [0.1, 0.15) is 11.3 Å². The second kappa shape index (κ2) is 6.05. The third-order valence-corrected chi connectivity index (χ3v) is 3.84. The van der Waals surface area contributed by atoms with E-state index in [1.165, 1.54) is 0 Å². The fourth-order valence-corrected chi connectivity index (χ4v) is 2.55. The van der Waals surface area contributed by atoms with Crippen molar-refractivity contribution in [2.45, 2.75) is 25.3 Å². The van der Waals surface area contributed by atoms with Crippen LogP contribution in [0.1, 0.15) is 25.3 Å². The molecular weight excluding hydrogens is 288 g/mol. The number of nitrogens with zero attached hydrogens (tertiary/aromatic N) is 1. The number of carboxylic acid groups (broad SMARTS) is 1. The molecular formula is C15H18N2O5. The lowest BCUT2D eigenvalue weighted by Gasteiger charge is -2.25. The van der Waals surface area contributed by atoms with Gasteiger partial charge in [-0.05, 0) is 24.1 Å². The van der Waals surface area contributed by atoms with Crippen LogP contribution >= 0.6 is 0 Å². The molecule has 1 aliphatic rings. The molecule has 3 amide bonds. The monoisotopic (exact) mass is 306 g/mol. The molecule has 1 atom stereocenters. The van der Waals surface area contributed by atoms with E-state index in [2.05, 4.69) is 5.32 Å². The van der Waals surface area contributed by atoms with Gasteiger partial charge in [-0.2, -0.15) is 0 Å². The number of methoxy groups -OCH3 is 1. The van der Waals surface area contributed by atoms with Crippen molar-refractivity contribution in [1.82, 2.24) is 10.2 Å². The van der Waals surface area contributed by atoms with E-state index in [4.69, 9.17) is 9.84 Å². The van der Waals surface area contributed by atoms with Crippen LogP contribution in [0, 0.1) is 0 Å². The number of ether oxygens (including phenoxy) is 1. The van der Waals surface area contributed by atoms with E-state index in [0.29, 0.717) is 17.7 Å². The maximum absolute atomic E-state index is 12.7. The zero-order valence-electron chi connectivity index (χ0n) is 12.5. The summed E-state index contributed by atoms with van der Waals surface area (Å²) in [5.41, 5.74) is -0.506. The van der Waals surface area contributed by atoms with Crippen LogP contribution in [0.5, 0.6) is 5.75 Å². The summed E-state index contributed by atoms with van der Waals surface area (Å²) in [5, 5.41) is 11.4. The Bertz CT molecular complexity index is 598. The minimum Gasteiger partial charge on any atom is -0.497 e. The topological polar surface area (TPSA) is 95.9 Å². The molecule has 22 heavy (non-hydrogen) atoms. The number of urea groups is 1. The molecule has 1 aromatic rings. The lowest BCUT2D eigenvalue weighted by molar-refractivity contribution is -0.138. The molecule has 1 heterocycles. The van der Waals surface area contributed by atoms with Crippen molar-refractivity contribution in [1.29, 1.82) is 0 Å². The minimum atomic E-state index is -1.15. The van der Waals surface area contributed by atoms with Crippen LogP contribution < -0.4 is 10.1 Å². The Hall–Kier alpha value is -2.57. The molecule has 1 unspecified atom stereocenters. The molecule has 0 saturated carbocycles. The first-order valence-corrected chi connectivity index (χ1v) is 6.95. The first-order chi connectivity index (χ1) is 10.4. The Labute approximate surface area is 127 Å². The third-order valence-electron chi connectivity index (χ3n) is 3.84. The molecule has 7 nitrogen and oxygen atoms in total. The van der Waals surface area contributed by atoms with Gasteiger partial charge in [-0.1, -0.05) is 19.1 Å². The molecule has 1 aliphatic heterocycles. The quantitative estimate of drug-likeness (QED) is 0.773. The van der Waals surface area contributed by atoms with Crippen LogP contribution in [0.25, 0.3) is 0 Å². The Morgan fingerprint density at radius 1 is 1.32 bits per heavy atom. The summed E-state index contributed by atoms with van der Waals surface area (Å²) in [5.74, 6) is -0.833. The van der Waals surface area contributed by atoms with Crippen molar-refractivity contribution >= 4 is 17.9 Å². The predicted octanol–water partition coefficient (Wildman–Crippen LogP) is 1.33. The van der Waals surface area contributed by atoms with Gasteiger partial charge in [0, 0.05) is 6.54 Å². The standard InChI is InChI=1S/C15H18N2O5/c1-3-15(10-4-6-11(22-2)7-5-10)13(20)17(14(21)16-15)9-8-12(18)19/h4-7H,3,8-9H2,1-2H3,(H,16,21)(H,18,19). The fraction of sp³-hybridized carbons (Fsp3) is 0.400. The Kier molecular flexibility index (Phi) is 4.35. The number of hydrogen-bond donors (Lipinski definition) is 2. The van der Waals surface area contributed by atoms with Crippen molar-refractivity contribution < 1.29 is 24.2 Å². The van der Waals surface area contributed by atoms with Gasteiger partial charge in [0.25, 0.3) is 5.91 Å². The van der Waals surface area contributed by atoms with E-state index < -0.39 is 23.4 Å². The maximum atomic E-state index is 12.7. The van der Waals surface area contributed by atoms with Gasteiger partial charge in [-0.15, -0.1) is 0 Å². The van der Waals surface area contributed by atoms with Gasteiger partial charge < -0.3 is 15.2 Å². The summed E-state index contributed by atoms with van der Waals surface area (Å²) in [6.07, 6.45) is 0.0923. The normalized spacial score (nSPS) is 20.9. The van der Waals surface area contributed by atoms with Gasteiger partial charge in [-0.25, -0.2) is 4.79 Å². The molecule has 1 aromatic carbocycles. The largest absolute Gasteiger partial charge is 0.497 e. The molecule has 0 radical (unpaired) electrons. The molecule has 1 fully saturated rings. The molecule has 0 bridgehead atoms. The highest BCUT2D eigenvalue weighted by Crippen LogP contribution is 2.33. The van der Waals surface area contributed by atoms with E-state index in [1.54, 1.807) is 38.3 Å². The maximum Gasteiger partial charge on any atom is 0.325 e. The van der Waals surface area contributed by atoms with E-state index in [0.717, 1.165) is 4.90 Å². The number of carbonyl (C=O) groups is 3. The van der Waals surface area contributed by atoms with Crippen LogP contribution in [0.2, 0.25) is 0 Å². The van der Waals surface area contributed by atoms with Gasteiger partial charge in [0.15, 0.2) is 0 Å². The smallest absolute Gasteiger partial charge is 0.325 e. The van der Waals surface area contributed by atoms with E-state index >= 15 is 0 Å². The first kappa shape index (κ1) is 15.8. The number of imide groups is 1. The Morgan fingerprint density at radius 3 is 2.45 bits per heavy atom. The van der Waals surface area contributed by atoms with Crippen molar-refractivity contribution in [3.63, 3.8) is 0 Å². The third kappa shape index (κ3) is 2.61. The van der Waals surface area contributed by atoms with Crippen LogP contribution in [-0.2, 0) is 15.1 Å². The van der Waals surface area contributed by atoms with Gasteiger partial charge in [0.2, 0.25) is 0 Å². The Morgan fingerprint density at radius 2 is 1.95 bits per heavy atom. The fourth-order valence-electron chi connectivity index (χ4n) is 2.55. The predicted molar refractivity (Wildman–Crippen MR) is 77.5 cm³/mol. The average molecular weight is 306 g/mol. The van der Waals surface area contributed by atoms with Gasteiger partial charge >= 0.3 is 12.0 Å². The second-order valence-electron chi connectivity index (χ2n) is 5.02. The van der Waals surface area contributed by atoms with Crippen LogP contribution in [0.15, 0.2) is 24.3 Å². The zero-order chi connectivity index (χ0) is 16.3. The summed E-state index contributed by atoms with van der Waals surface area (Å²) in [7, 11) is 1.54. The number of benzene rings is 1. The van der Waals surface area contributed by atoms with Gasteiger partial charge in [0.05, 0.1) is 13.5 Å². The molecule has 2 N–H and O–H groups in total. The summed E-state index contributed by atoms with van der Waals surface area (Å²) < 4.78 is 5.08. The number of carboxylic acids is 1. The van der Waals surface area contributed by atoms with Crippen molar-refractivity contribution in [2.24, 2.45) is 0 Å². The van der Waals surface area contributed by atoms with Gasteiger partial charge in [-0.3, -0.25) is 14.5 Å². The number of rotatable bonds is 6. The zero-order valence-corrected chi connectivity index (χ0v) is 12.5. The lowest BCUT2D eigenvalue weighted by atomic mass is 9.87. The highest BCUT2D eigenvalue weighted by atomic mass is 16.5. The van der Waals surface area contributed by atoms with E-state index in [1.807, 2.05) is 0 Å². The average Bonchev–Trinajstić information content (AvgIpc) is 2.76. The Balaban J connectivity index is 2.31. The molecule has 0 spiro atoms. The molecule has 118 valence electrons. The second-order valence-corrected chi connectivity index (χ2v) is 5.02. The number of amides is 3. The number of hydrogen-bond acceptors (Lipinski definition) is 4. The van der Waals surface area contributed by atoms with Crippen molar-refractivity contribution in [3.05, 3.63) is 29.8 Å². The molecule has 0 aromatic heterocycles. The first-order valence-electron chi connectivity index (χ1n) is 6.95. The lowest BCUT2D eigenvalue weighted by Crippen LogP contribution is -2.43. The molecule has 7 heteroatoms. The number of aliphatic carboxylic acids is 1. The van der Waals surface area contributed by atoms with Crippen LogP contribution in [0.4, 0.5) is 4.79 Å². The minimum absolute atomic E-state index is 0.141. The van der Waals surface area contributed by atoms with Crippen molar-refractivity contribution in [3.8, 4) is 5.75 Å². The van der Waals surface area contributed by atoms with Crippen LogP contribution in [0.3, 0.4) is 0 Å². The highest BCUT2D eigenvalue weighted by molar-refractivity contribution is 6.07.